The maximum atomic E-state index is 5.95. The van der Waals surface area contributed by atoms with Gasteiger partial charge in [-0.2, -0.15) is 0 Å². The third kappa shape index (κ3) is 4.15. The third-order valence-electron chi connectivity index (χ3n) is 3.27. The predicted molar refractivity (Wildman–Crippen MR) is 101 cm³/mol. The molecular formula is C19H15ClN2S. The molecule has 0 heterocycles. The number of thiol groups is 1. The Morgan fingerprint density at radius 1 is 0.826 bits per heavy atom. The summed E-state index contributed by atoms with van der Waals surface area (Å²) >= 11 is 10.4. The molecule has 0 fully saturated rings. The molecule has 3 rings (SSSR count). The Morgan fingerprint density at radius 2 is 1.48 bits per heavy atom. The monoisotopic (exact) mass is 338 g/mol. The SMILES string of the molecule is Sc1ccccc1N=C(Nc1ccc(Cl)cc1)c1ccccc1. The second-order valence-electron chi connectivity index (χ2n) is 4.95. The van der Waals surface area contributed by atoms with Gasteiger partial charge in [0.15, 0.2) is 0 Å². The van der Waals surface area contributed by atoms with E-state index in [0.29, 0.717) is 5.02 Å². The Kier molecular flexibility index (Phi) is 5.01. The van der Waals surface area contributed by atoms with Crippen molar-refractivity contribution in [2.75, 3.05) is 5.32 Å². The second-order valence-corrected chi connectivity index (χ2v) is 5.87. The molecule has 3 aromatic carbocycles. The van der Waals surface area contributed by atoms with Crippen LogP contribution in [0.5, 0.6) is 0 Å². The summed E-state index contributed by atoms with van der Waals surface area (Å²) in [7, 11) is 0. The lowest BCUT2D eigenvalue weighted by Crippen LogP contribution is -2.13. The zero-order chi connectivity index (χ0) is 16.1. The van der Waals surface area contributed by atoms with Crippen LogP contribution < -0.4 is 5.32 Å². The number of benzene rings is 3. The summed E-state index contributed by atoms with van der Waals surface area (Å²) in [6, 6.07) is 25.3. The summed E-state index contributed by atoms with van der Waals surface area (Å²) in [6.07, 6.45) is 0. The molecule has 4 heteroatoms. The normalized spacial score (nSPS) is 11.3. The molecule has 0 aromatic heterocycles. The average molecular weight is 339 g/mol. The number of halogens is 1. The number of nitrogens with one attached hydrogen (secondary N) is 1. The summed E-state index contributed by atoms with van der Waals surface area (Å²) in [5, 5.41) is 4.06. The van der Waals surface area contributed by atoms with Crippen LogP contribution in [0, 0.1) is 0 Å². The van der Waals surface area contributed by atoms with Crippen LogP contribution in [0.4, 0.5) is 11.4 Å². The second kappa shape index (κ2) is 7.36. The van der Waals surface area contributed by atoms with E-state index in [9.17, 15) is 0 Å². The number of hydrogen-bond acceptors (Lipinski definition) is 2. The van der Waals surface area contributed by atoms with Gasteiger partial charge in [0.1, 0.15) is 5.84 Å². The van der Waals surface area contributed by atoms with E-state index in [1.165, 1.54) is 0 Å². The Morgan fingerprint density at radius 3 is 2.17 bits per heavy atom. The average Bonchev–Trinajstić information content (AvgIpc) is 2.59. The molecule has 2 nitrogen and oxygen atoms in total. The van der Waals surface area contributed by atoms with Gasteiger partial charge in [0, 0.05) is 21.2 Å². The van der Waals surface area contributed by atoms with E-state index < -0.39 is 0 Å². The van der Waals surface area contributed by atoms with Crippen LogP contribution in [-0.4, -0.2) is 5.84 Å². The molecule has 0 atom stereocenters. The zero-order valence-electron chi connectivity index (χ0n) is 12.3. The fraction of sp³-hybridized carbons (Fsp3) is 0. The minimum atomic E-state index is 0.703. The van der Waals surface area contributed by atoms with Crippen molar-refractivity contribution in [3.05, 3.63) is 89.4 Å². The number of aliphatic imine (C=N–C) groups is 1. The van der Waals surface area contributed by atoms with Gasteiger partial charge in [-0.3, -0.25) is 0 Å². The third-order valence-corrected chi connectivity index (χ3v) is 3.90. The van der Waals surface area contributed by atoms with Crippen molar-refractivity contribution < 1.29 is 0 Å². The summed E-state index contributed by atoms with van der Waals surface area (Å²) in [5.74, 6) is 0.759. The maximum absolute atomic E-state index is 5.95. The molecule has 1 N–H and O–H groups in total. The molecule has 0 bridgehead atoms. The van der Waals surface area contributed by atoms with Crippen molar-refractivity contribution in [1.82, 2.24) is 0 Å². The first-order valence-corrected chi connectivity index (χ1v) is 7.99. The fourth-order valence-corrected chi connectivity index (χ4v) is 2.45. The first-order chi connectivity index (χ1) is 11.2. The van der Waals surface area contributed by atoms with E-state index in [-0.39, 0.29) is 0 Å². The lowest BCUT2D eigenvalue weighted by atomic mass is 10.2. The van der Waals surface area contributed by atoms with Gasteiger partial charge < -0.3 is 5.32 Å². The molecule has 3 aromatic rings. The highest BCUT2D eigenvalue weighted by atomic mass is 35.5. The predicted octanol–water partition coefficient (Wildman–Crippen LogP) is 5.82. The molecule has 0 radical (unpaired) electrons. The Labute approximate surface area is 146 Å². The maximum Gasteiger partial charge on any atom is 0.138 e. The van der Waals surface area contributed by atoms with Crippen molar-refractivity contribution in [1.29, 1.82) is 0 Å². The van der Waals surface area contributed by atoms with Crippen LogP contribution in [0.1, 0.15) is 5.56 Å². The van der Waals surface area contributed by atoms with Crippen molar-refractivity contribution in [3.8, 4) is 0 Å². The lowest BCUT2D eigenvalue weighted by molar-refractivity contribution is 1.37. The topological polar surface area (TPSA) is 24.4 Å². The number of para-hydroxylation sites is 1. The molecule has 0 aliphatic carbocycles. The van der Waals surface area contributed by atoms with Crippen LogP contribution in [0.2, 0.25) is 5.02 Å². The largest absolute Gasteiger partial charge is 0.340 e. The van der Waals surface area contributed by atoms with Crippen molar-refractivity contribution in [2.45, 2.75) is 4.90 Å². The Hall–Kier alpha value is -2.23. The lowest BCUT2D eigenvalue weighted by Gasteiger charge is -2.11. The van der Waals surface area contributed by atoms with E-state index in [1.807, 2.05) is 78.9 Å². The van der Waals surface area contributed by atoms with Gasteiger partial charge in [0.25, 0.3) is 0 Å². The number of hydrogen-bond donors (Lipinski definition) is 2. The van der Waals surface area contributed by atoms with Crippen LogP contribution in [0.3, 0.4) is 0 Å². The van der Waals surface area contributed by atoms with Crippen molar-refractivity contribution >= 4 is 41.4 Å². The molecule has 23 heavy (non-hydrogen) atoms. The number of anilines is 1. The summed E-state index contributed by atoms with van der Waals surface area (Å²) < 4.78 is 0. The van der Waals surface area contributed by atoms with Crippen molar-refractivity contribution in [2.24, 2.45) is 4.99 Å². The molecule has 0 aliphatic heterocycles. The minimum absolute atomic E-state index is 0.703. The molecule has 0 aliphatic rings. The molecule has 0 unspecified atom stereocenters. The van der Waals surface area contributed by atoms with Gasteiger partial charge in [-0.05, 0) is 36.4 Å². The van der Waals surface area contributed by atoms with Gasteiger partial charge >= 0.3 is 0 Å². The van der Waals surface area contributed by atoms with E-state index >= 15 is 0 Å². The molecule has 0 spiro atoms. The van der Waals surface area contributed by atoms with E-state index in [4.69, 9.17) is 16.6 Å². The molecule has 0 amide bonds. The van der Waals surface area contributed by atoms with E-state index in [1.54, 1.807) is 0 Å². The zero-order valence-corrected chi connectivity index (χ0v) is 13.9. The highest BCUT2D eigenvalue weighted by Gasteiger charge is 2.06. The number of amidine groups is 1. The summed E-state index contributed by atoms with van der Waals surface area (Å²) in [5.41, 5.74) is 2.74. The van der Waals surface area contributed by atoms with Crippen molar-refractivity contribution in [3.63, 3.8) is 0 Å². The first-order valence-electron chi connectivity index (χ1n) is 7.17. The summed E-state index contributed by atoms with van der Waals surface area (Å²) in [6.45, 7) is 0. The van der Waals surface area contributed by atoms with Gasteiger partial charge in [-0.15, -0.1) is 12.6 Å². The molecule has 0 saturated carbocycles. The fourth-order valence-electron chi connectivity index (χ4n) is 2.11. The smallest absolute Gasteiger partial charge is 0.138 e. The highest BCUT2D eigenvalue weighted by Crippen LogP contribution is 2.24. The molecular weight excluding hydrogens is 324 g/mol. The minimum Gasteiger partial charge on any atom is -0.340 e. The summed E-state index contributed by atoms with van der Waals surface area (Å²) in [4.78, 5) is 5.57. The standard InChI is InChI=1S/C19H15ClN2S/c20-15-10-12-16(13-11-15)21-19(14-6-2-1-3-7-14)22-17-8-4-5-9-18(17)23/h1-13,23H,(H,21,22). The quantitative estimate of drug-likeness (QED) is 0.351. The van der Waals surface area contributed by atoms with E-state index in [0.717, 1.165) is 27.7 Å². The molecule has 0 saturated heterocycles. The molecule has 114 valence electrons. The van der Waals surface area contributed by atoms with Crippen LogP contribution >= 0.6 is 24.2 Å². The van der Waals surface area contributed by atoms with Crippen LogP contribution in [0.15, 0.2) is 88.8 Å². The van der Waals surface area contributed by atoms with Gasteiger partial charge in [0.2, 0.25) is 0 Å². The van der Waals surface area contributed by atoms with Gasteiger partial charge in [0.05, 0.1) is 5.69 Å². The van der Waals surface area contributed by atoms with E-state index in [2.05, 4.69) is 17.9 Å². The Balaban J connectivity index is 2.00. The highest BCUT2D eigenvalue weighted by molar-refractivity contribution is 7.80. The number of rotatable bonds is 3. The van der Waals surface area contributed by atoms with Gasteiger partial charge in [-0.25, -0.2) is 4.99 Å². The number of nitrogens with zero attached hydrogens (tertiary/aromatic N) is 1. The Bertz CT molecular complexity index is 814. The van der Waals surface area contributed by atoms with Crippen LogP contribution in [-0.2, 0) is 0 Å². The first kappa shape index (κ1) is 15.7. The van der Waals surface area contributed by atoms with Crippen LogP contribution in [0.25, 0.3) is 0 Å². The van der Waals surface area contributed by atoms with Gasteiger partial charge in [-0.1, -0.05) is 54.1 Å².